The SMILES string of the molecule is C=CCC1OC(=O)c2ccc(OC)cc21. The van der Waals surface area contributed by atoms with Gasteiger partial charge in [-0.25, -0.2) is 4.79 Å². The lowest BCUT2D eigenvalue weighted by atomic mass is 10.0. The van der Waals surface area contributed by atoms with Gasteiger partial charge in [0.1, 0.15) is 11.9 Å². The Hall–Kier alpha value is -1.77. The molecule has 1 aromatic rings. The van der Waals surface area contributed by atoms with Crippen molar-refractivity contribution < 1.29 is 14.3 Å². The summed E-state index contributed by atoms with van der Waals surface area (Å²) in [5.41, 5.74) is 1.52. The number of fused-ring (bicyclic) bond motifs is 1. The summed E-state index contributed by atoms with van der Waals surface area (Å²) in [7, 11) is 1.60. The Bertz CT molecular complexity index is 409. The first-order valence-corrected chi connectivity index (χ1v) is 4.76. The molecule has 0 saturated heterocycles. The maximum absolute atomic E-state index is 11.5. The van der Waals surface area contributed by atoms with E-state index in [9.17, 15) is 4.79 Å². The van der Waals surface area contributed by atoms with Crippen LogP contribution in [0.4, 0.5) is 0 Å². The number of carbonyl (C=O) groups is 1. The molecular formula is C12H12O3. The molecule has 0 amide bonds. The Balaban J connectivity index is 2.42. The van der Waals surface area contributed by atoms with Gasteiger partial charge in [0.15, 0.2) is 0 Å². The number of benzene rings is 1. The number of ether oxygens (including phenoxy) is 2. The van der Waals surface area contributed by atoms with Crippen LogP contribution < -0.4 is 4.74 Å². The summed E-state index contributed by atoms with van der Waals surface area (Å²) < 4.78 is 10.3. The number of esters is 1. The van der Waals surface area contributed by atoms with Crippen molar-refractivity contribution in [2.45, 2.75) is 12.5 Å². The summed E-state index contributed by atoms with van der Waals surface area (Å²) in [5.74, 6) is 0.473. The molecule has 1 unspecified atom stereocenters. The number of rotatable bonds is 3. The molecule has 2 rings (SSSR count). The van der Waals surface area contributed by atoms with Crippen molar-refractivity contribution in [1.82, 2.24) is 0 Å². The fourth-order valence-electron chi connectivity index (χ4n) is 1.70. The molecule has 1 aromatic carbocycles. The van der Waals surface area contributed by atoms with E-state index in [4.69, 9.17) is 9.47 Å². The molecule has 0 aromatic heterocycles. The highest BCUT2D eigenvalue weighted by Gasteiger charge is 2.30. The van der Waals surface area contributed by atoms with E-state index in [0.717, 1.165) is 11.3 Å². The van der Waals surface area contributed by atoms with E-state index in [1.165, 1.54) is 0 Å². The first-order valence-electron chi connectivity index (χ1n) is 4.76. The highest BCUT2D eigenvalue weighted by Crippen LogP contribution is 2.35. The van der Waals surface area contributed by atoms with Crippen molar-refractivity contribution in [2.24, 2.45) is 0 Å². The van der Waals surface area contributed by atoms with E-state index < -0.39 is 0 Å². The predicted octanol–water partition coefficient (Wildman–Crippen LogP) is 2.48. The fraction of sp³-hybridized carbons (Fsp3) is 0.250. The van der Waals surface area contributed by atoms with Crippen molar-refractivity contribution >= 4 is 5.97 Å². The van der Waals surface area contributed by atoms with E-state index in [1.54, 1.807) is 25.3 Å². The van der Waals surface area contributed by atoms with Crippen LogP contribution in [0.1, 0.15) is 28.4 Å². The zero-order valence-corrected chi connectivity index (χ0v) is 8.53. The summed E-state index contributed by atoms with van der Waals surface area (Å²) in [6.45, 7) is 3.64. The molecule has 1 aliphatic rings. The molecule has 1 atom stereocenters. The molecule has 15 heavy (non-hydrogen) atoms. The Morgan fingerprint density at radius 3 is 3.07 bits per heavy atom. The second-order valence-corrected chi connectivity index (χ2v) is 3.37. The van der Waals surface area contributed by atoms with E-state index in [-0.39, 0.29) is 12.1 Å². The maximum atomic E-state index is 11.5. The number of cyclic esters (lactones) is 1. The van der Waals surface area contributed by atoms with Crippen LogP contribution in [0.5, 0.6) is 5.75 Å². The van der Waals surface area contributed by atoms with Crippen molar-refractivity contribution in [3.8, 4) is 5.75 Å². The second-order valence-electron chi connectivity index (χ2n) is 3.37. The third-order valence-electron chi connectivity index (χ3n) is 2.46. The molecular weight excluding hydrogens is 192 g/mol. The average molecular weight is 204 g/mol. The number of hydrogen-bond acceptors (Lipinski definition) is 3. The molecule has 3 nitrogen and oxygen atoms in total. The van der Waals surface area contributed by atoms with Crippen LogP contribution in [0.15, 0.2) is 30.9 Å². The Morgan fingerprint density at radius 2 is 2.40 bits per heavy atom. The van der Waals surface area contributed by atoms with Crippen LogP contribution in [0.25, 0.3) is 0 Å². The number of carbonyl (C=O) groups excluding carboxylic acids is 1. The van der Waals surface area contributed by atoms with Gasteiger partial charge >= 0.3 is 5.97 Å². The summed E-state index contributed by atoms with van der Waals surface area (Å²) in [6.07, 6.45) is 2.17. The summed E-state index contributed by atoms with van der Waals surface area (Å²) in [5, 5.41) is 0. The third-order valence-corrected chi connectivity index (χ3v) is 2.46. The summed E-state index contributed by atoms with van der Waals surface area (Å²) in [6, 6.07) is 5.34. The largest absolute Gasteiger partial charge is 0.497 e. The first-order chi connectivity index (χ1) is 7.26. The second kappa shape index (κ2) is 3.77. The van der Waals surface area contributed by atoms with Gasteiger partial charge < -0.3 is 9.47 Å². The van der Waals surface area contributed by atoms with Gasteiger partial charge in [0.2, 0.25) is 0 Å². The number of methoxy groups -OCH3 is 1. The molecule has 0 radical (unpaired) electrons. The monoisotopic (exact) mass is 204 g/mol. The molecule has 78 valence electrons. The minimum absolute atomic E-state index is 0.208. The van der Waals surface area contributed by atoms with Gasteiger partial charge in [-0.15, -0.1) is 6.58 Å². The molecule has 0 N–H and O–H groups in total. The molecule has 0 saturated carbocycles. The van der Waals surface area contributed by atoms with Gasteiger partial charge in [-0.3, -0.25) is 0 Å². The molecule has 1 heterocycles. The highest BCUT2D eigenvalue weighted by molar-refractivity contribution is 5.94. The van der Waals surface area contributed by atoms with Crippen LogP contribution in [0, 0.1) is 0 Å². The highest BCUT2D eigenvalue weighted by atomic mass is 16.5. The van der Waals surface area contributed by atoms with Gasteiger partial charge in [-0.05, 0) is 18.2 Å². The zero-order chi connectivity index (χ0) is 10.8. The van der Waals surface area contributed by atoms with Gasteiger partial charge in [-0.1, -0.05) is 6.08 Å². The summed E-state index contributed by atoms with van der Waals surface area (Å²) >= 11 is 0. The van der Waals surface area contributed by atoms with Crippen molar-refractivity contribution in [1.29, 1.82) is 0 Å². The predicted molar refractivity (Wildman–Crippen MR) is 56.0 cm³/mol. The van der Waals surface area contributed by atoms with Gasteiger partial charge in [-0.2, -0.15) is 0 Å². The molecule has 0 fully saturated rings. The lowest BCUT2D eigenvalue weighted by molar-refractivity contribution is 0.0392. The van der Waals surface area contributed by atoms with Crippen LogP contribution in [0.3, 0.4) is 0 Å². The molecule has 0 bridgehead atoms. The normalized spacial score (nSPS) is 18.2. The average Bonchev–Trinajstić information content (AvgIpc) is 2.56. The maximum Gasteiger partial charge on any atom is 0.339 e. The van der Waals surface area contributed by atoms with Crippen molar-refractivity contribution in [3.63, 3.8) is 0 Å². The summed E-state index contributed by atoms with van der Waals surface area (Å²) in [4.78, 5) is 11.5. The minimum Gasteiger partial charge on any atom is -0.497 e. The van der Waals surface area contributed by atoms with Crippen LogP contribution in [-0.4, -0.2) is 13.1 Å². The lowest BCUT2D eigenvalue weighted by Gasteiger charge is -2.08. The van der Waals surface area contributed by atoms with E-state index in [2.05, 4.69) is 6.58 Å². The van der Waals surface area contributed by atoms with Crippen LogP contribution >= 0.6 is 0 Å². The fourth-order valence-corrected chi connectivity index (χ4v) is 1.70. The standard InChI is InChI=1S/C12H12O3/c1-3-4-11-10-7-8(14-2)5-6-9(10)12(13)15-11/h3,5-7,11H,1,4H2,2H3. The quantitative estimate of drug-likeness (QED) is 0.560. The van der Waals surface area contributed by atoms with Gasteiger partial charge in [0.05, 0.1) is 12.7 Å². The Morgan fingerprint density at radius 1 is 1.60 bits per heavy atom. The molecule has 0 spiro atoms. The Kier molecular flexibility index (Phi) is 2.46. The lowest BCUT2D eigenvalue weighted by Crippen LogP contribution is -1.96. The van der Waals surface area contributed by atoms with E-state index >= 15 is 0 Å². The first kappa shape index (κ1) is 9.77. The number of hydrogen-bond donors (Lipinski definition) is 0. The van der Waals surface area contributed by atoms with E-state index in [0.29, 0.717) is 12.0 Å². The van der Waals surface area contributed by atoms with Crippen LogP contribution in [0.2, 0.25) is 0 Å². The minimum atomic E-state index is -0.264. The van der Waals surface area contributed by atoms with Gasteiger partial charge in [0, 0.05) is 12.0 Å². The van der Waals surface area contributed by atoms with Crippen molar-refractivity contribution in [2.75, 3.05) is 7.11 Å². The molecule has 1 aliphatic heterocycles. The van der Waals surface area contributed by atoms with Crippen molar-refractivity contribution in [3.05, 3.63) is 42.0 Å². The van der Waals surface area contributed by atoms with E-state index in [1.807, 2.05) is 6.07 Å². The third kappa shape index (κ3) is 1.61. The Labute approximate surface area is 88.3 Å². The smallest absolute Gasteiger partial charge is 0.339 e. The molecule has 0 aliphatic carbocycles. The van der Waals surface area contributed by atoms with Gasteiger partial charge in [0.25, 0.3) is 0 Å². The van der Waals surface area contributed by atoms with Crippen LogP contribution in [-0.2, 0) is 4.74 Å². The zero-order valence-electron chi connectivity index (χ0n) is 8.53. The topological polar surface area (TPSA) is 35.5 Å². The molecule has 3 heteroatoms.